The van der Waals surface area contributed by atoms with Crippen LogP contribution in [0.3, 0.4) is 0 Å². The van der Waals surface area contributed by atoms with Gasteiger partial charge >= 0.3 is 0 Å². The zero-order valence-electron chi connectivity index (χ0n) is 9.16. The Bertz CT molecular complexity index is 578. The van der Waals surface area contributed by atoms with Crippen LogP contribution in [0.5, 0.6) is 5.75 Å². The van der Waals surface area contributed by atoms with Gasteiger partial charge in [-0.2, -0.15) is 4.39 Å². The van der Waals surface area contributed by atoms with Crippen LogP contribution in [0.1, 0.15) is 5.69 Å². The summed E-state index contributed by atoms with van der Waals surface area (Å²) >= 11 is 3.06. The van der Waals surface area contributed by atoms with Crippen molar-refractivity contribution in [3.05, 3.63) is 52.3 Å². The van der Waals surface area contributed by atoms with Crippen LogP contribution in [-0.2, 0) is 6.61 Å². The molecule has 0 bridgehead atoms. The number of benzene rings is 1. The first-order valence-corrected chi connectivity index (χ1v) is 5.83. The van der Waals surface area contributed by atoms with Crippen molar-refractivity contribution in [1.29, 1.82) is 0 Å². The molecule has 0 saturated carbocycles. The first kappa shape index (κ1) is 12.8. The number of nitrogens with zero attached hydrogens (tertiary/aromatic N) is 1. The maximum atomic E-state index is 13.4. The van der Waals surface area contributed by atoms with Crippen LogP contribution in [0.15, 0.2) is 34.9 Å². The van der Waals surface area contributed by atoms with Crippen LogP contribution < -0.4 is 10.5 Å². The van der Waals surface area contributed by atoms with Crippen LogP contribution >= 0.6 is 15.9 Å². The van der Waals surface area contributed by atoms with E-state index in [9.17, 15) is 8.78 Å². The summed E-state index contributed by atoms with van der Waals surface area (Å²) in [4.78, 5) is 4.00. The fourth-order valence-corrected chi connectivity index (χ4v) is 1.77. The van der Waals surface area contributed by atoms with E-state index < -0.39 is 11.6 Å². The molecule has 0 atom stereocenters. The third-order valence-electron chi connectivity index (χ3n) is 2.18. The Morgan fingerprint density at radius 3 is 2.78 bits per heavy atom. The van der Waals surface area contributed by atoms with Crippen LogP contribution in [0.2, 0.25) is 0 Å². The first-order chi connectivity index (χ1) is 8.56. The van der Waals surface area contributed by atoms with Crippen molar-refractivity contribution in [2.75, 3.05) is 5.73 Å². The van der Waals surface area contributed by atoms with E-state index in [1.807, 2.05) is 0 Å². The second-order valence-corrected chi connectivity index (χ2v) is 4.48. The summed E-state index contributed by atoms with van der Waals surface area (Å²) in [6.45, 7) is 0.0118. The minimum Gasteiger partial charge on any atom is -0.484 e. The number of pyridine rings is 1. The van der Waals surface area contributed by atoms with E-state index in [0.717, 1.165) is 6.07 Å². The minimum atomic E-state index is -1.03. The SMILES string of the molecule is Nc1ccnc(COc2cc(Br)cc(F)c2F)c1. The van der Waals surface area contributed by atoms with Gasteiger partial charge in [0.15, 0.2) is 11.6 Å². The molecular formula is C12H9BrF2N2O. The van der Waals surface area contributed by atoms with Crippen molar-refractivity contribution < 1.29 is 13.5 Å². The maximum Gasteiger partial charge on any atom is 0.200 e. The summed E-state index contributed by atoms with van der Waals surface area (Å²) in [5.41, 5.74) is 6.64. The minimum absolute atomic E-state index is 0.0118. The smallest absolute Gasteiger partial charge is 0.200 e. The van der Waals surface area contributed by atoms with E-state index in [1.54, 1.807) is 12.1 Å². The predicted molar refractivity (Wildman–Crippen MR) is 67.0 cm³/mol. The third-order valence-corrected chi connectivity index (χ3v) is 2.63. The summed E-state index contributed by atoms with van der Waals surface area (Å²) in [6, 6.07) is 5.61. The Morgan fingerprint density at radius 1 is 1.28 bits per heavy atom. The molecule has 3 nitrogen and oxygen atoms in total. The Kier molecular flexibility index (Phi) is 3.76. The first-order valence-electron chi connectivity index (χ1n) is 5.04. The van der Waals surface area contributed by atoms with Crippen molar-refractivity contribution in [2.24, 2.45) is 0 Å². The van der Waals surface area contributed by atoms with E-state index in [-0.39, 0.29) is 12.4 Å². The van der Waals surface area contributed by atoms with Gasteiger partial charge in [-0.3, -0.25) is 4.98 Å². The van der Waals surface area contributed by atoms with Crippen molar-refractivity contribution in [3.8, 4) is 5.75 Å². The lowest BCUT2D eigenvalue weighted by Gasteiger charge is -2.08. The number of nitrogens with two attached hydrogens (primary N) is 1. The van der Waals surface area contributed by atoms with Crippen LogP contribution in [0.4, 0.5) is 14.5 Å². The average molecular weight is 315 g/mol. The molecule has 0 unspecified atom stereocenters. The highest BCUT2D eigenvalue weighted by molar-refractivity contribution is 9.10. The van der Waals surface area contributed by atoms with Gasteiger partial charge in [0, 0.05) is 16.4 Å². The molecule has 0 amide bonds. The van der Waals surface area contributed by atoms with Gasteiger partial charge in [-0.25, -0.2) is 4.39 Å². The van der Waals surface area contributed by atoms with E-state index in [2.05, 4.69) is 20.9 Å². The molecule has 2 rings (SSSR count). The summed E-state index contributed by atoms with van der Waals surface area (Å²) in [5, 5.41) is 0. The largest absolute Gasteiger partial charge is 0.484 e. The van der Waals surface area contributed by atoms with Crippen LogP contribution in [0, 0.1) is 11.6 Å². The molecule has 0 fully saturated rings. The molecule has 6 heteroatoms. The monoisotopic (exact) mass is 314 g/mol. The zero-order chi connectivity index (χ0) is 13.1. The van der Waals surface area contributed by atoms with Crippen molar-refractivity contribution in [2.45, 2.75) is 6.61 Å². The molecular weight excluding hydrogens is 306 g/mol. The fraction of sp³-hybridized carbons (Fsp3) is 0.0833. The molecule has 0 aliphatic heterocycles. The van der Waals surface area contributed by atoms with Gasteiger partial charge in [0.2, 0.25) is 5.82 Å². The molecule has 94 valence electrons. The van der Waals surface area contributed by atoms with E-state index >= 15 is 0 Å². The lowest BCUT2D eigenvalue weighted by Crippen LogP contribution is -2.01. The molecule has 1 aromatic carbocycles. The topological polar surface area (TPSA) is 48.1 Å². The second kappa shape index (κ2) is 5.30. The van der Waals surface area contributed by atoms with Crippen LogP contribution in [0.25, 0.3) is 0 Å². The highest BCUT2D eigenvalue weighted by Crippen LogP contribution is 2.25. The normalized spacial score (nSPS) is 10.4. The molecule has 0 radical (unpaired) electrons. The molecule has 2 N–H and O–H groups in total. The number of rotatable bonds is 3. The molecule has 2 aromatic rings. The maximum absolute atomic E-state index is 13.4. The molecule has 0 aliphatic rings. The van der Waals surface area contributed by atoms with E-state index in [1.165, 1.54) is 12.3 Å². The van der Waals surface area contributed by atoms with Gasteiger partial charge in [0.25, 0.3) is 0 Å². The van der Waals surface area contributed by atoms with Crippen LogP contribution in [-0.4, -0.2) is 4.98 Å². The van der Waals surface area contributed by atoms with Crippen molar-refractivity contribution >= 4 is 21.6 Å². The van der Waals surface area contributed by atoms with Gasteiger partial charge in [0.05, 0.1) is 5.69 Å². The number of aromatic nitrogens is 1. The Hall–Kier alpha value is -1.69. The summed E-state index contributed by atoms with van der Waals surface area (Å²) in [5.74, 6) is -2.17. The average Bonchev–Trinajstić information content (AvgIpc) is 2.32. The molecule has 18 heavy (non-hydrogen) atoms. The highest BCUT2D eigenvalue weighted by atomic mass is 79.9. The summed E-state index contributed by atoms with van der Waals surface area (Å²) in [7, 11) is 0. The lowest BCUT2D eigenvalue weighted by molar-refractivity contribution is 0.280. The molecule has 0 saturated heterocycles. The molecule has 1 heterocycles. The number of hydrogen-bond acceptors (Lipinski definition) is 3. The Balaban J connectivity index is 2.15. The fourth-order valence-electron chi connectivity index (χ4n) is 1.36. The standard InChI is InChI=1S/C12H9BrF2N2O/c13-7-3-10(14)12(15)11(4-7)18-6-9-5-8(16)1-2-17-9/h1-5H,6H2,(H2,16,17). The number of halogens is 3. The quantitative estimate of drug-likeness (QED) is 0.884. The molecule has 1 aromatic heterocycles. The van der Waals surface area contributed by atoms with Gasteiger partial charge in [-0.15, -0.1) is 0 Å². The van der Waals surface area contributed by atoms with E-state index in [4.69, 9.17) is 10.5 Å². The van der Waals surface area contributed by atoms with Crippen molar-refractivity contribution in [1.82, 2.24) is 4.98 Å². The van der Waals surface area contributed by atoms with E-state index in [0.29, 0.717) is 15.9 Å². The molecule has 0 aliphatic carbocycles. The number of nitrogen functional groups attached to an aromatic ring is 1. The number of anilines is 1. The Labute approximate surface area is 111 Å². The zero-order valence-corrected chi connectivity index (χ0v) is 10.7. The predicted octanol–water partition coefficient (Wildman–Crippen LogP) is 3.28. The van der Waals surface area contributed by atoms with Gasteiger partial charge < -0.3 is 10.5 Å². The summed E-state index contributed by atoms with van der Waals surface area (Å²) in [6.07, 6.45) is 1.52. The molecule has 0 spiro atoms. The summed E-state index contributed by atoms with van der Waals surface area (Å²) < 4.78 is 32.1. The lowest BCUT2D eigenvalue weighted by atomic mass is 10.3. The van der Waals surface area contributed by atoms with Gasteiger partial charge in [-0.05, 0) is 24.3 Å². The van der Waals surface area contributed by atoms with Crippen molar-refractivity contribution in [3.63, 3.8) is 0 Å². The number of ether oxygens (including phenoxy) is 1. The highest BCUT2D eigenvalue weighted by Gasteiger charge is 2.11. The van der Waals surface area contributed by atoms with Gasteiger partial charge in [-0.1, -0.05) is 15.9 Å². The second-order valence-electron chi connectivity index (χ2n) is 3.57. The third kappa shape index (κ3) is 2.95. The van der Waals surface area contributed by atoms with Gasteiger partial charge in [0.1, 0.15) is 6.61 Å². The number of hydrogen-bond donors (Lipinski definition) is 1. The Morgan fingerprint density at radius 2 is 2.06 bits per heavy atom.